The van der Waals surface area contributed by atoms with Crippen LogP contribution in [0.5, 0.6) is 0 Å². The van der Waals surface area contributed by atoms with Gasteiger partial charge < -0.3 is 19.8 Å². The minimum Gasteiger partial charge on any atom is -0.376 e. The molecular weight excluding hydrogens is 332 g/mol. The number of benzene rings is 1. The molecule has 1 aromatic heterocycles. The largest absolute Gasteiger partial charge is 0.376 e. The number of anilines is 1. The first-order chi connectivity index (χ1) is 12.6. The van der Waals surface area contributed by atoms with E-state index >= 15 is 0 Å². The first-order valence-corrected chi connectivity index (χ1v) is 8.91. The van der Waals surface area contributed by atoms with Crippen molar-refractivity contribution in [1.82, 2.24) is 4.98 Å². The third-order valence-corrected chi connectivity index (χ3v) is 4.37. The zero-order valence-corrected chi connectivity index (χ0v) is 14.9. The van der Waals surface area contributed by atoms with E-state index in [1.54, 1.807) is 6.07 Å². The van der Waals surface area contributed by atoms with Gasteiger partial charge in [0.1, 0.15) is 5.69 Å². The van der Waals surface area contributed by atoms with Gasteiger partial charge in [0, 0.05) is 24.1 Å². The topological polar surface area (TPSA) is 80.4 Å². The molecule has 0 bridgehead atoms. The molecule has 0 unspecified atom stereocenters. The molecule has 2 aromatic rings. The highest BCUT2D eigenvalue weighted by atomic mass is 16.5. The van der Waals surface area contributed by atoms with Gasteiger partial charge in [0.05, 0.1) is 19.3 Å². The Bertz CT molecular complexity index is 763. The van der Waals surface area contributed by atoms with E-state index in [1.807, 2.05) is 24.3 Å². The van der Waals surface area contributed by atoms with Crippen molar-refractivity contribution in [3.8, 4) is 0 Å². The van der Waals surface area contributed by atoms with Gasteiger partial charge in [0.2, 0.25) is 0 Å². The average Bonchev–Trinajstić information content (AvgIpc) is 3.14. The zero-order chi connectivity index (χ0) is 18.4. The molecule has 3 rings (SSSR count). The Labute approximate surface area is 152 Å². The van der Waals surface area contributed by atoms with Gasteiger partial charge in [-0.25, -0.2) is 0 Å². The van der Waals surface area contributed by atoms with Gasteiger partial charge in [-0.15, -0.1) is 0 Å². The maximum Gasteiger partial charge on any atom is 0.272 e. The van der Waals surface area contributed by atoms with Crippen molar-refractivity contribution in [3.05, 3.63) is 53.3 Å². The number of hydrogen-bond donors (Lipinski definition) is 2. The van der Waals surface area contributed by atoms with Crippen LogP contribution in [-0.2, 0) is 16.1 Å². The van der Waals surface area contributed by atoms with Gasteiger partial charge in [0.25, 0.3) is 5.91 Å². The van der Waals surface area contributed by atoms with Crippen LogP contribution in [0.4, 0.5) is 5.69 Å². The van der Waals surface area contributed by atoms with Crippen LogP contribution < -0.4 is 5.32 Å². The molecule has 6 nitrogen and oxygen atoms in total. The molecular formula is C20H24N2O4. The summed E-state index contributed by atoms with van der Waals surface area (Å²) < 4.78 is 11.4. The molecule has 1 atom stereocenters. The van der Waals surface area contributed by atoms with Gasteiger partial charge in [-0.2, -0.15) is 0 Å². The number of hydrogen-bond acceptors (Lipinski definition) is 4. The zero-order valence-electron chi connectivity index (χ0n) is 14.9. The van der Waals surface area contributed by atoms with Crippen molar-refractivity contribution in [3.63, 3.8) is 0 Å². The van der Waals surface area contributed by atoms with Gasteiger partial charge >= 0.3 is 0 Å². The van der Waals surface area contributed by atoms with Gasteiger partial charge in [-0.1, -0.05) is 12.1 Å². The van der Waals surface area contributed by atoms with Crippen molar-refractivity contribution < 1.29 is 19.1 Å². The lowest BCUT2D eigenvalue weighted by atomic mass is 10.1. The molecule has 6 heteroatoms. The number of Topliss-reactive ketones (excluding diaryl/α,β-unsaturated/α-hetero) is 1. The standard InChI is InChI=1S/C20H24N2O4/c1-14(23)16-10-19(21-11-16)20(24)22-17-6-4-5-15(9-17)12-25-13-18-7-2-3-8-26-18/h4-6,9-11,18,21H,2-3,7-8,12-13H2,1H3,(H,22,24)/t18-/m1/s1. The minimum atomic E-state index is -0.286. The summed E-state index contributed by atoms with van der Waals surface area (Å²) in [5.41, 5.74) is 2.51. The van der Waals surface area contributed by atoms with E-state index in [9.17, 15) is 9.59 Å². The third-order valence-electron chi connectivity index (χ3n) is 4.37. The van der Waals surface area contributed by atoms with Gasteiger partial charge in [0.15, 0.2) is 5.78 Å². The highest BCUT2D eigenvalue weighted by Crippen LogP contribution is 2.16. The molecule has 1 saturated heterocycles. The molecule has 2 heterocycles. The van der Waals surface area contributed by atoms with E-state index in [0.717, 1.165) is 25.0 Å². The second kappa shape index (κ2) is 8.78. The Morgan fingerprint density at radius 3 is 2.92 bits per heavy atom. The Balaban J connectivity index is 1.52. The molecule has 1 aliphatic rings. The molecule has 2 N–H and O–H groups in total. The summed E-state index contributed by atoms with van der Waals surface area (Å²) in [6, 6.07) is 9.09. The van der Waals surface area contributed by atoms with Crippen LogP contribution in [0, 0.1) is 0 Å². The van der Waals surface area contributed by atoms with E-state index < -0.39 is 0 Å². The number of amides is 1. The van der Waals surface area contributed by atoms with E-state index in [0.29, 0.717) is 30.2 Å². The Morgan fingerprint density at radius 2 is 2.19 bits per heavy atom. The summed E-state index contributed by atoms with van der Waals surface area (Å²) >= 11 is 0. The third kappa shape index (κ3) is 5.03. The Hall–Kier alpha value is -2.44. The lowest BCUT2D eigenvalue weighted by molar-refractivity contribution is -0.0447. The highest BCUT2D eigenvalue weighted by molar-refractivity contribution is 6.05. The molecule has 0 spiro atoms. The molecule has 138 valence electrons. The van der Waals surface area contributed by atoms with Gasteiger partial charge in [-0.05, 0) is 49.9 Å². The smallest absolute Gasteiger partial charge is 0.272 e. The van der Waals surface area contributed by atoms with Crippen molar-refractivity contribution in [2.24, 2.45) is 0 Å². The first kappa shape index (κ1) is 18.4. The fourth-order valence-electron chi connectivity index (χ4n) is 2.91. The number of rotatable bonds is 7. The quantitative estimate of drug-likeness (QED) is 0.744. The number of ketones is 1. The van der Waals surface area contributed by atoms with Crippen LogP contribution in [0.2, 0.25) is 0 Å². The highest BCUT2D eigenvalue weighted by Gasteiger charge is 2.14. The molecule has 0 radical (unpaired) electrons. The number of carbonyl (C=O) groups excluding carboxylic acids is 2. The monoisotopic (exact) mass is 356 g/mol. The lowest BCUT2D eigenvalue weighted by Gasteiger charge is -2.22. The molecule has 0 aliphatic carbocycles. The predicted molar refractivity (Wildman–Crippen MR) is 98.4 cm³/mol. The minimum absolute atomic E-state index is 0.0820. The number of H-pyrrole nitrogens is 1. The summed E-state index contributed by atoms with van der Waals surface area (Å²) in [4.78, 5) is 26.4. The van der Waals surface area contributed by atoms with Crippen LogP contribution in [0.1, 0.15) is 52.6 Å². The molecule has 26 heavy (non-hydrogen) atoms. The summed E-state index contributed by atoms with van der Waals surface area (Å²) in [7, 11) is 0. The number of aromatic nitrogens is 1. The van der Waals surface area contributed by atoms with Gasteiger partial charge in [-0.3, -0.25) is 9.59 Å². The fourth-order valence-corrected chi connectivity index (χ4v) is 2.91. The normalized spacial score (nSPS) is 17.0. The molecule has 1 aromatic carbocycles. The maximum atomic E-state index is 12.3. The van der Waals surface area contributed by atoms with E-state index in [-0.39, 0.29) is 17.8 Å². The summed E-state index contributed by atoms with van der Waals surface area (Å²) in [6.07, 6.45) is 5.10. The number of carbonyl (C=O) groups is 2. The Morgan fingerprint density at radius 1 is 1.31 bits per heavy atom. The summed E-state index contributed by atoms with van der Waals surface area (Å²) in [5, 5.41) is 2.83. The summed E-state index contributed by atoms with van der Waals surface area (Å²) in [5.74, 6) is -0.368. The summed E-state index contributed by atoms with van der Waals surface area (Å²) in [6.45, 7) is 3.35. The van der Waals surface area contributed by atoms with E-state index in [4.69, 9.17) is 9.47 Å². The van der Waals surface area contributed by atoms with Crippen LogP contribution in [0.25, 0.3) is 0 Å². The molecule has 0 saturated carbocycles. The van der Waals surface area contributed by atoms with Crippen molar-refractivity contribution in [1.29, 1.82) is 0 Å². The molecule has 1 fully saturated rings. The van der Waals surface area contributed by atoms with Crippen molar-refractivity contribution in [2.45, 2.75) is 38.9 Å². The fraction of sp³-hybridized carbons (Fsp3) is 0.400. The van der Waals surface area contributed by atoms with E-state index in [1.165, 1.54) is 19.5 Å². The maximum absolute atomic E-state index is 12.3. The Kier molecular flexibility index (Phi) is 6.20. The first-order valence-electron chi connectivity index (χ1n) is 8.91. The van der Waals surface area contributed by atoms with Crippen LogP contribution in [0.3, 0.4) is 0 Å². The lowest BCUT2D eigenvalue weighted by Crippen LogP contribution is -2.24. The van der Waals surface area contributed by atoms with Crippen LogP contribution >= 0.6 is 0 Å². The van der Waals surface area contributed by atoms with Crippen LogP contribution in [0.15, 0.2) is 36.5 Å². The predicted octanol–water partition coefficient (Wildman–Crippen LogP) is 3.56. The average molecular weight is 356 g/mol. The SMILES string of the molecule is CC(=O)c1c[nH]c(C(=O)Nc2cccc(COC[C@H]3CCCCO3)c2)c1. The van der Waals surface area contributed by atoms with Crippen molar-refractivity contribution in [2.75, 3.05) is 18.5 Å². The number of nitrogens with one attached hydrogen (secondary N) is 2. The molecule has 1 amide bonds. The number of ether oxygens (including phenoxy) is 2. The second-order valence-electron chi connectivity index (χ2n) is 6.52. The second-order valence-corrected chi connectivity index (χ2v) is 6.52. The van der Waals surface area contributed by atoms with E-state index in [2.05, 4.69) is 10.3 Å². The van der Waals surface area contributed by atoms with Crippen molar-refractivity contribution >= 4 is 17.4 Å². The number of aromatic amines is 1. The van der Waals surface area contributed by atoms with Crippen LogP contribution in [-0.4, -0.2) is 36.0 Å². The molecule has 1 aliphatic heterocycles.